The molecule has 0 aliphatic heterocycles. The molecule has 32 heavy (non-hydrogen) atoms. The minimum absolute atomic E-state index is 0.0569. The molecule has 0 heteroatoms. The molecule has 0 saturated carbocycles. The van der Waals surface area contributed by atoms with Gasteiger partial charge in [-0.3, -0.25) is 0 Å². The van der Waals surface area contributed by atoms with Gasteiger partial charge in [-0.2, -0.15) is 0 Å². The maximum absolute atomic E-state index is 2.47. The largest absolute Gasteiger partial charge is 0.0622 e. The molecular formula is C32H26. The number of benzene rings is 5. The zero-order valence-electron chi connectivity index (χ0n) is 18.5. The second-order valence-electron chi connectivity index (χ2n) is 9.41. The molecule has 5 aromatic carbocycles. The SMILES string of the molecule is CC1(C)c2cc(-c3ccccc3)c3ccccc3c2-c2ccccc2C1c1ccccc1. The molecule has 0 heterocycles. The van der Waals surface area contributed by atoms with E-state index in [0.717, 1.165) is 0 Å². The van der Waals surface area contributed by atoms with Crippen LogP contribution in [0.4, 0.5) is 0 Å². The first-order valence-corrected chi connectivity index (χ1v) is 11.4. The molecule has 154 valence electrons. The van der Waals surface area contributed by atoms with E-state index in [2.05, 4.69) is 129 Å². The quantitative estimate of drug-likeness (QED) is 0.273. The van der Waals surface area contributed by atoms with Gasteiger partial charge in [0.1, 0.15) is 0 Å². The summed E-state index contributed by atoms with van der Waals surface area (Å²) in [5.74, 6) is 0.303. The van der Waals surface area contributed by atoms with Crippen LogP contribution in [-0.4, -0.2) is 0 Å². The van der Waals surface area contributed by atoms with E-state index in [1.807, 2.05) is 0 Å². The summed E-state index contributed by atoms with van der Waals surface area (Å²) in [5, 5.41) is 2.66. The van der Waals surface area contributed by atoms with Gasteiger partial charge in [-0.1, -0.05) is 123 Å². The van der Waals surface area contributed by atoms with Gasteiger partial charge in [-0.25, -0.2) is 0 Å². The Labute approximate surface area is 190 Å². The molecule has 0 aromatic heterocycles. The summed E-state index contributed by atoms with van der Waals surface area (Å²) in [7, 11) is 0. The molecule has 6 rings (SSSR count). The van der Waals surface area contributed by atoms with Gasteiger partial charge in [0, 0.05) is 11.3 Å². The summed E-state index contributed by atoms with van der Waals surface area (Å²) >= 11 is 0. The first-order chi connectivity index (χ1) is 15.7. The molecule has 0 amide bonds. The monoisotopic (exact) mass is 410 g/mol. The third-order valence-corrected chi connectivity index (χ3v) is 7.22. The van der Waals surface area contributed by atoms with E-state index in [1.165, 1.54) is 49.7 Å². The van der Waals surface area contributed by atoms with Gasteiger partial charge in [0.25, 0.3) is 0 Å². The van der Waals surface area contributed by atoms with Crippen LogP contribution in [0.3, 0.4) is 0 Å². The van der Waals surface area contributed by atoms with Crippen LogP contribution in [0.1, 0.15) is 36.5 Å². The van der Waals surface area contributed by atoms with Gasteiger partial charge >= 0.3 is 0 Å². The zero-order chi connectivity index (χ0) is 21.7. The fraction of sp³-hybridized carbons (Fsp3) is 0.125. The Bertz CT molecular complexity index is 1430. The maximum Gasteiger partial charge on any atom is 0.0187 e. The van der Waals surface area contributed by atoms with Gasteiger partial charge < -0.3 is 0 Å². The highest BCUT2D eigenvalue weighted by Gasteiger charge is 2.41. The lowest BCUT2D eigenvalue weighted by Gasteiger charge is -2.43. The summed E-state index contributed by atoms with van der Waals surface area (Å²) in [5.41, 5.74) is 9.54. The fourth-order valence-electron chi connectivity index (χ4n) is 5.79. The van der Waals surface area contributed by atoms with Crippen molar-refractivity contribution < 1.29 is 0 Å². The summed E-state index contributed by atoms with van der Waals surface area (Å²) < 4.78 is 0. The van der Waals surface area contributed by atoms with Crippen LogP contribution in [0.15, 0.2) is 115 Å². The van der Waals surface area contributed by atoms with Gasteiger partial charge in [-0.15, -0.1) is 0 Å². The first kappa shape index (κ1) is 19.1. The maximum atomic E-state index is 2.47. The smallest absolute Gasteiger partial charge is 0.0187 e. The molecule has 0 N–H and O–H groups in total. The molecule has 1 unspecified atom stereocenters. The standard InChI is InChI=1S/C32H26/c1-32(2)29-21-28(22-13-5-3-6-14-22)24-17-9-10-18-25(24)30(29)26-19-11-12-20-27(26)31(32)23-15-7-4-8-16-23/h3-21,31H,1-2H3. The number of rotatable bonds is 2. The van der Waals surface area contributed by atoms with Crippen molar-refractivity contribution >= 4 is 10.8 Å². The van der Waals surface area contributed by atoms with Crippen molar-refractivity contribution in [3.8, 4) is 22.3 Å². The molecule has 0 nitrogen and oxygen atoms in total. The van der Waals surface area contributed by atoms with Crippen LogP contribution in [0.5, 0.6) is 0 Å². The van der Waals surface area contributed by atoms with E-state index in [1.54, 1.807) is 0 Å². The average molecular weight is 411 g/mol. The van der Waals surface area contributed by atoms with Crippen molar-refractivity contribution in [1.29, 1.82) is 0 Å². The first-order valence-electron chi connectivity index (χ1n) is 11.4. The van der Waals surface area contributed by atoms with Crippen LogP contribution >= 0.6 is 0 Å². The summed E-state index contributed by atoms with van der Waals surface area (Å²) in [6.45, 7) is 4.84. The molecule has 0 radical (unpaired) electrons. The number of hydrogen-bond donors (Lipinski definition) is 0. The Hall–Kier alpha value is -3.64. The topological polar surface area (TPSA) is 0 Å². The van der Waals surface area contributed by atoms with Crippen molar-refractivity contribution in [1.82, 2.24) is 0 Å². The predicted octanol–water partition coefficient (Wildman–Crippen LogP) is 8.60. The minimum atomic E-state index is -0.0569. The van der Waals surface area contributed by atoms with Crippen molar-refractivity contribution in [3.63, 3.8) is 0 Å². The molecule has 0 spiro atoms. The van der Waals surface area contributed by atoms with E-state index in [4.69, 9.17) is 0 Å². The summed E-state index contributed by atoms with van der Waals surface area (Å²) in [6, 6.07) is 42.2. The Morgan fingerprint density at radius 3 is 1.91 bits per heavy atom. The van der Waals surface area contributed by atoms with E-state index in [9.17, 15) is 0 Å². The third kappa shape index (κ3) is 2.76. The Kier molecular flexibility index (Phi) is 4.30. The lowest BCUT2D eigenvalue weighted by Crippen LogP contribution is -2.32. The van der Waals surface area contributed by atoms with Crippen LogP contribution in [0, 0.1) is 0 Å². The molecule has 1 aliphatic rings. The van der Waals surface area contributed by atoms with Crippen LogP contribution in [0.25, 0.3) is 33.0 Å². The van der Waals surface area contributed by atoms with Crippen molar-refractivity contribution in [3.05, 3.63) is 132 Å². The molecular weight excluding hydrogens is 384 g/mol. The van der Waals surface area contributed by atoms with Crippen LogP contribution < -0.4 is 0 Å². The number of hydrogen-bond acceptors (Lipinski definition) is 0. The predicted molar refractivity (Wildman–Crippen MR) is 136 cm³/mol. The molecule has 0 fully saturated rings. The normalized spacial score (nSPS) is 16.4. The highest BCUT2D eigenvalue weighted by Crippen LogP contribution is 2.55. The Balaban J connectivity index is 1.75. The van der Waals surface area contributed by atoms with E-state index in [-0.39, 0.29) is 5.41 Å². The second-order valence-corrected chi connectivity index (χ2v) is 9.41. The van der Waals surface area contributed by atoms with E-state index >= 15 is 0 Å². The lowest BCUT2D eigenvalue weighted by molar-refractivity contribution is 0.455. The lowest BCUT2D eigenvalue weighted by atomic mass is 9.60. The average Bonchev–Trinajstić information content (AvgIpc) is 2.84. The van der Waals surface area contributed by atoms with Crippen molar-refractivity contribution in [2.75, 3.05) is 0 Å². The van der Waals surface area contributed by atoms with Crippen LogP contribution in [-0.2, 0) is 5.41 Å². The highest BCUT2D eigenvalue weighted by atomic mass is 14.4. The van der Waals surface area contributed by atoms with Gasteiger partial charge in [-0.05, 0) is 55.8 Å². The van der Waals surface area contributed by atoms with Crippen molar-refractivity contribution in [2.24, 2.45) is 0 Å². The Morgan fingerprint density at radius 2 is 1.16 bits per heavy atom. The number of fused-ring (bicyclic) bond motifs is 5. The van der Waals surface area contributed by atoms with Crippen molar-refractivity contribution in [2.45, 2.75) is 25.2 Å². The Morgan fingerprint density at radius 1 is 0.562 bits per heavy atom. The zero-order valence-corrected chi connectivity index (χ0v) is 18.5. The summed E-state index contributed by atoms with van der Waals surface area (Å²) in [6.07, 6.45) is 0. The fourth-order valence-corrected chi connectivity index (χ4v) is 5.79. The molecule has 1 atom stereocenters. The van der Waals surface area contributed by atoms with E-state index < -0.39 is 0 Å². The molecule has 0 bridgehead atoms. The van der Waals surface area contributed by atoms with Gasteiger partial charge in [0.15, 0.2) is 0 Å². The highest BCUT2D eigenvalue weighted by molar-refractivity contribution is 6.07. The minimum Gasteiger partial charge on any atom is -0.0622 e. The molecule has 1 aliphatic carbocycles. The van der Waals surface area contributed by atoms with Gasteiger partial charge in [0.05, 0.1) is 0 Å². The molecule has 5 aromatic rings. The molecule has 0 saturated heterocycles. The third-order valence-electron chi connectivity index (χ3n) is 7.22. The van der Waals surface area contributed by atoms with E-state index in [0.29, 0.717) is 5.92 Å². The summed E-state index contributed by atoms with van der Waals surface area (Å²) in [4.78, 5) is 0. The van der Waals surface area contributed by atoms with Crippen LogP contribution in [0.2, 0.25) is 0 Å². The second kappa shape index (κ2) is 7.21. The van der Waals surface area contributed by atoms with Gasteiger partial charge in [0.2, 0.25) is 0 Å².